The Balaban J connectivity index is 1.74. The highest BCUT2D eigenvalue weighted by atomic mass is 32.2. The largest absolute Gasteiger partial charge is 0.448 e. The van der Waals surface area contributed by atoms with Gasteiger partial charge in [-0.1, -0.05) is 0 Å². The summed E-state index contributed by atoms with van der Waals surface area (Å²) in [5, 5.41) is 0. The number of nitrogens with zero attached hydrogens (tertiary/aromatic N) is 2. The van der Waals surface area contributed by atoms with Crippen LogP contribution in [0.5, 0.6) is 0 Å². The molecular weight excluding hydrogens is 358 g/mol. The van der Waals surface area contributed by atoms with E-state index in [-0.39, 0.29) is 30.3 Å². The average Bonchev–Trinajstić information content (AvgIpc) is 2.60. The van der Waals surface area contributed by atoms with Crippen LogP contribution in [0.4, 0.5) is 4.79 Å². The molecule has 1 amide bonds. The Kier molecular flexibility index (Phi) is 6.42. The molecule has 3 saturated heterocycles. The van der Waals surface area contributed by atoms with E-state index in [0.717, 1.165) is 45.1 Å². The van der Waals surface area contributed by atoms with Crippen LogP contribution in [0.1, 0.15) is 38.5 Å². The van der Waals surface area contributed by atoms with E-state index in [1.165, 1.54) is 6.26 Å². The molecule has 0 spiro atoms. The lowest BCUT2D eigenvalue weighted by molar-refractivity contribution is -0.0305. The molecular formula is C17H31N3O5S. The molecule has 3 aliphatic heterocycles. The Morgan fingerprint density at radius 2 is 1.85 bits per heavy atom. The number of nitrogens with one attached hydrogen (secondary N) is 1. The maximum atomic E-state index is 12.3. The molecule has 9 heteroatoms. The van der Waals surface area contributed by atoms with E-state index in [4.69, 9.17) is 9.47 Å². The fourth-order valence-electron chi connectivity index (χ4n) is 4.37. The molecule has 2 bridgehead atoms. The van der Waals surface area contributed by atoms with Gasteiger partial charge in [0.1, 0.15) is 6.61 Å². The molecule has 4 aliphatic rings. The molecule has 0 radical (unpaired) electrons. The zero-order valence-electron chi connectivity index (χ0n) is 15.7. The first-order valence-electron chi connectivity index (χ1n) is 9.56. The monoisotopic (exact) mass is 389 g/mol. The van der Waals surface area contributed by atoms with Crippen LogP contribution in [0, 0.1) is 0 Å². The van der Waals surface area contributed by atoms with Gasteiger partial charge in [0.2, 0.25) is 10.0 Å². The number of rotatable bonds is 2. The Labute approximate surface area is 156 Å². The maximum absolute atomic E-state index is 12.3. The summed E-state index contributed by atoms with van der Waals surface area (Å²) in [6, 6.07) is 0.0114. The lowest BCUT2D eigenvalue weighted by atomic mass is 9.92. The lowest BCUT2D eigenvalue weighted by Crippen LogP contribution is -2.58. The molecule has 3 heterocycles. The van der Waals surface area contributed by atoms with Crippen molar-refractivity contribution in [3.63, 3.8) is 0 Å². The van der Waals surface area contributed by atoms with Gasteiger partial charge in [-0.05, 0) is 45.1 Å². The molecule has 0 aromatic carbocycles. The van der Waals surface area contributed by atoms with Gasteiger partial charge in [0.05, 0.1) is 19.0 Å². The first kappa shape index (κ1) is 19.9. The number of ether oxygens (including phenoxy) is 2. The summed E-state index contributed by atoms with van der Waals surface area (Å²) >= 11 is 0. The van der Waals surface area contributed by atoms with Gasteiger partial charge in [0.25, 0.3) is 0 Å². The van der Waals surface area contributed by atoms with Crippen LogP contribution < -0.4 is 4.72 Å². The van der Waals surface area contributed by atoms with Crippen LogP contribution in [0.3, 0.4) is 0 Å². The van der Waals surface area contributed by atoms with Crippen LogP contribution in [0.15, 0.2) is 0 Å². The number of piperidine rings is 1. The molecule has 26 heavy (non-hydrogen) atoms. The van der Waals surface area contributed by atoms with Crippen LogP contribution in [-0.2, 0) is 19.5 Å². The second-order valence-electron chi connectivity index (χ2n) is 7.73. The van der Waals surface area contributed by atoms with Gasteiger partial charge < -0.3 is 14.4 Å². The molecule has 150 valence electrons. The summed E-state index contributed by atoms with van der Waals surface area (Å²) in [7, 11) is -1.47. The van der Waals surface area contributed by atoms with Gasteiger partial charge in [0, 0.05) is 31.7 Å². The van der Waals surface area contributed by atoms with E-state index in [1.807, 2.05) is 7.05 Å². The van der Waals surface area contributed by atoms with E-state index in [1.54, 1.807) is 4.90 Å². The summed E-state index contributed by atoms with van der Waals surface area (Å²) in [6.45, 7) is 2.26. The summed E-state index contributed by atoms with van der Waals surface area (Å²) in [5.74, 6) is 0. The lowest BCUT2D eigenvalue weighted by Gasteiger charge is -2.41. The number of sulfonamides is 1. The van der Waals surface area contributed by atoms with E-state index in [2.05, 4.69) is 9.62 Å². The molecule has 8 nitrogen and oxygen atoms in total. The minimum atomic E-state index is -3.28. The van der Waals surface area contributed by atoms with Crippen molar-refractivity contribution >= 4 is 16.1 Å². The van der Waals surface area contributed by atoms with Gasteiger partial charge in [-0.3, -0.25) is 4.90 Å². The third kappa shape index (κ3) is 5.09. The quantitative estimate of drug-likeness (QED) is 0.751. The third-order valence-corrected chi connectivity index (χ3v) is 6.58. The van der Waals surface area contributed by atoms with E-state index in [0.29, 0.717) is 19.8 Å². The van der Waals surface area contributed by atoms with Crippen molar-refractivity contribution in [1.29, 1.82) is 0 Å². The fourth-order valence-corrected chi connectivity index (χ4v) is 5.20. The van der Waals surface area contributed by atoms with Gasteiger partial charge in [-0.25, -0.2) is 17.9 Å². The number of carbonyl (C=O) groups excluding carboxylic acids is 1. The SMILES string of the molecule is CN1C(=O)OCCN2CCC[C@H](NS(C)(=O)=O)[C@@H]2COC2CCC1CC2. The molecule has 1 saturated carbocycles. The zero-order chi connectivity index (χ0) is 18.7. The Hall–Kier alpha value is -0.900. The molecule has 0 aromatic rings. The maximum Gasteiger partial charge on any atom is 0.409 e. The molecule has 4 rings (SSSR count). The molecule has 4 fully saturated rings. The third-order valence-electron chi connectivity index (χ3n) is 5.85. The number of carbonyl (C=O) groups is 1. The van der Waals surface area contributed by atoms with E-state index < -0.39 is 10.0 Å². The van der Waals surface area contributed by atoms with Gasteiger partial charge in [-0.15, -0.1) is 0 Å². The predicted octanol–water partition coefficient (Wildman–Crippen LogP) is 0.778. The minimum Gasteiger partial charge on any atom is -0.448 e. The van der Waals surface area contributed by atoms with Crippen LogP contribution in [0.25, 0.3) is 0 Å². The standard InChI is InChI=1S/C17H31N3O5S/c1-19-13-5-7-14(8-6-13)25-12-16-15(18-26(2,22)23)4-3-9-20(16)10-11-24-17(19)21/h13-16,18H,3-12H2,1-2H3/t13?,14?,15-,16-/m0/s1. The van der Waals surface area contributed by atoms with Gasteiger partial charge in [0.15, 0.2) is 0 Å². The summed E-state index contributed by atoms with van der Waals surface area (Å²) in [5.41, 5.74) is 0. The summed E-state index contributed by atoms with van der Waals surface area (Å²) < 4.78 is 38.0. The Morgan fingerprint density at radius 3 is 2.54 bits per heavy atom. The van der Waals surface area contributed by atoms with Crippen molar-refractivity contribution in [1.82, 2.24) is 14.5 Å². The highest BCUT2D eigenvalue weighted by molar-refractivity contribution is 7.88. The van der Waals surface area contributed by atoms with Crippen molar-refractivity contribution < 1.29 is 22.7 Å². The van der Waals surface area contributed by atoms with Crippen LogP contribution >= 0.6 is 0 Å². The Bertz CT molecular complexity index is 591. The Morgan fingerprint density at radius 1 is 1.12 bits per heavy atom. The zero-order valence-corrected chi connectivity index (χ0v) is 16.5. The smallest absolute Gasteiger partial charge is 0.409 e. The van der Waals surface area contributed by atoms with Crippen molar-refractivity contribution in [3.05, 3.63) is 0 Å². The number of hydrogen-bond donors (Lipinski definition) is 1. The highest BCUT2D eigenvalue weighted by Gasteiger charge is 2.35. The summed E-state index contributed by atoms with van der Waals surface area (Å²) in [6.07, 6.45) is 6.47. The second-order valence-corrected chi connectivity index (χ2v) is 9.51. The number of hydrogen-bond acceptors (Lipinski definition) is 6. The highest BCUT2D eigenvalue weighted by Crippen LogP contribution is 2.27. The predicted molar refractivity (Wildman–Crippen MR) is 97.5 cm³/mol. The van der Waals surface area contributed by atoms with Crippen molar-refractivity contribution in [2.24, 2.45) is 0 Å². The van der Waals surface area contributed by atoms with Gasteiger partial charge in [-0.2, -0.15) is 0 Å². The minimum absolute atomic E-state index is 0.0339. The van der Waals surface area contributed by atoms with Crippen molar-refractivity contribution in [3.8, 4) is 0 Å². The van der Waals surface area contributed by atoms with E-state index >= 15 is 0 Å². The van der Waals surface area contributed by atoms with Crippen molar-refractivity contribution in [2.45, 2.75) is 62.8 Å². The van der Waals surface area contributed by atoms with Crippen molar-refractivity contribution in [2.75, 3.05) is 39.6 Å². The first-order chi connectivity index (χ1) is 12.3. The average molecular weight is 390 g/mol. The molecule has 1 aliphatic carbocycles. The first-order valence-corrected chi connectivity index (χ1v) is 11.4. The van der Waals surface area contributed by atoms with Gasteiger partial charge >= 0.3 is 6.09 Å². The summed E-state index contributed by atoms with van der Waals surface area (Å²) in [4.78, 5) is 16.2. The topological polar surface area (TPSA) is 88.2 Å². The molecule has 2 atom stereocenters. The van der Waals surface area contributed by atoms with E-state index in [9.17, 15) is 13.2 Å². The molecule has 1 N–H and O–H groups in total. The molecule has 0 unspecified atom stereocenters. The van der Waals surface area contributed by atoms with Crippen LogP contribution in [0.2, 0.25) is 0 Å². The number of amides is 1. The normalized spacial score (nSPS) is 35.0. The fraction of sp³-hybridized carbons (Fsp3) is 0.941. The van der Waals surface area contributed by atoms with Crippen LogP contribution in [-0.4, -0.2) is 88.1 Å². The second kappa shape index (κ2) is 8.41. The number of fused-ring (bicyclic) bond motifs is 7. The molecule has 0 aromatic heterocycles.